The maximum absolute atomic E-state index is 12.4. The second-order valence-corrected chi connectivity index (χ2v) is 7.50. The van der Waals surface area contributed by atoms with Gasteiger partial charge in [0, 0.05) is 16.1 Å². The van der Waals surface area contributed by atoms with Crippen molar-refractivity contribution in [3.05, 3.63) is 28.7 Å². The Bertz CT molecular complexity index is 701. The Morgan fingerprint density at radius 3 is 2.75 bits per heavy atom. The van der Waals surface area contributed by atoms with Crippen molar-refractivity contribution in [2.75, 3.05) is 11.9 Å². The second kappa shape index (κ2) is 5.88. The van der Waals surface area contributed by atoms with Crippen LogP contribution >= 0.6 is 15.9 Å². The fourth-order valence-electron chi connectivity index (χ4n) is 4.29. The smallest absolute Gasteiger partial charge is 0.310 e. The summed E-state index contributed by atoms with van der Waals surface area (Å²) in [5.74, 6) is -1.70. The Kier molecular flexibility index (Phi) is 3.83. The summed E-state index contributed by atoms with van der Waals surface area (Å²) in [7, 11) is 0. The lowest BCUT2D eigenvalue weighted by Gasteiger charge is -2.22. The third-order valence-corrected chi connectivity index (χ3v) is 5.76. The van der Waals surface area contributed by atoms with Crippen molar-refractivity contribution in [1.82, 2.24) is 0 Å². The summed E-state index contributed by atoms with van der Waals surface area (Å²) in [4.78, 5) is 36.2. The Balaban J connectivity index is 1.33. The fourth-order valence-corrected chi connectivity index (χ4v) is 4.55. The van der Waals surface area contributed by atoms with E-state index in [1.807, 2.05) is 0 Å². The van der Waals surface area contributed by atoms with Crippen molar-refractivity contribution in [3.63, 3.8) is 0 Å². The van der Waals surface area contributed by atoms with E-state index in [0.717, 1.165) is 17.3 Å². The minimum absolute atomic E-state index is 0.0164. The van der Waals surface area contributed by atoms with Gasteiger partial charge in [0.25, 0.3) is 5.91 Å². The van der Waals surface area contributed by atoms with Crippen LogP contribution in [0.3, 0.4) is 0 Å². The molecular weight excluding hydrogens is 378 g/mol. The number of hydrogen-bond donors (Lipinski definition) is 1. The van der Waals surface area contributed by atoms with Crippen LogP contribution in [0, 0.1) is 23.7 Å². The van der Waals surface area contributed by atoms with Crippen LogP contribution in [0.15, 0.2) is 28.7 Å². The number of rotatable bonds is 4. The molecule has 7 heteroatoms. The molecule has 0 radical (unpaired) electrons. The molecule has 5 atom stereocenters. The van der Waals surface area contributed by atoms with Crippen LogP contribution in [-0.2, 0) is 23.9 Å². The van der Waals surface area contributed by atoms with Gasteiger partial charge in [0.05, 0.1) is 11.8 Å². The van der Waals surface area contributed by atoms with Gasteiger partial charge in [-0.15, -0.1) is 0 Å². The summed E-state index contributed by atoms with van der Waals surface area (Å²) >= 11 is 3.32. The van der Waals surface area contributed by atoms with Crippen LogP contribution in [0.1, 0.15) is 12.8 Å². The van der Waals surface area contributed by atoms with E-state index in [9.17, 15) is 14.4 Å². The molecule has 24 heavy (non-hydrogen) atoms. The number of carbonyl (C=O) groups excluding carboxylic acids is 3. The Morgan fingerprint density at radius 1 is 1.25 bits per heavy atom. The van der Waals surface area contributed by atoms with E-state index in [0.29, 0.717) is 5.69 Å². The topological polar surface area (TPSA) is 81.7 Å². The molecule has 1 aromatic rings. The van der Waals surface area contributed by atoms with Crippen molar-refractivity contribution >= 4 is 39.5 Å². The van der Waals surface area contributed by atoms with E-state index < -0.39 is 17.8 Å². The first-order valence-electron chi connectivity index (χ1n) is 7.95. The minimum atomic E-state index is -0.462. The van der Waals surface area contributed by atoms with Crippen molar-refractivity contribution in [2.45, 2.75) is 18.9 Å². The van der Waals surface area contributed by atoms with Crippen LogP contribution < -0.4 is 5.32 Å². The molecule has 3 fully saturated rings. The molecule has 0 aromatic heterocycles. The highest BCUT2D eigenvalue weighted by molar-refractivity contribution is 9.10. The molecule has 1 aliphatic heterocycles. The van der Waals surface area contributed by atoms with Gasteiger partial charge < -0.3 is 14.8 Å². The lowest BCUT2D eigenvalue weighted by atomic mass is 9.80. The van der Waals surface area contributed by atoms with Crippen LogP contribution in [0.4, 0.5) is 5.69 Å². The number of esters is 2. The quantitative estimate of drug-likeness (QED) is 0.792. The lowest BCUT2D eigenvalue weighted by Crippen LogP contribution is -2.34. The molecule has 1 amide bonds. The van der Waals surface area contributed by atoms with E-state index in [1.54, 1.807) is 24.3 Å². The number of hydrogen-bond acceptors (Lipinski definition) is 5. The summed E-state index contributed by atoms with van der Waals surface area (Å²) in [6, 6.07) is 7.10. The van der Waals surface area contributed by atoms with Gasteiger partial charge in [-0.25, -0.2) is 0 Å². The first-order chi connectivity index (χ1) is 11.5. The Hall–Kier alpha value is -1.89. The minimum Gasteiger partial charge on any atom is -0.462 e. The Morgan fingerprint density at radius 2 is 2.00 bits per heavy atom. The average Bonchev–Trinajstić information content (AvgIpc) is 3.16. The molecule has 1 heterocycles. The average molecular weight is 394 g/mol. The maximum Gasteiger partial charge on any atom is 0.310 e. The molecule has 126 valence electrons. The first kappa shape index (κ1) is 15.6. The van der Waals surface area contributed by atoms with Gasteiger partial charge in [-0.05, 0) is 43.0 Å². The largest absolute Gasteiger partial charge is 0.462 e. The van der Waals surface area contributed by atoms with Crippen LogP contribution in [0.2, 0.25) is 0 Å². The molecule has 1 saturated heterocycles. The van der Waals surface area contributed by atoms with E-state index in [1.165, 1.54) is 0 Å². The number of amides is 1. The molecule has 0 unspecified atom stereocenters. The summed E-state index contributed by atoms with van der Waals surface area (Å²) in [5, 5.41) is 2.66. The number of benzene rings is 1. The monoisotopic (exact) mass is 393 g/mol. The summed E-state index contributed by atoms with van der Waals surface area (Å²) in [5.41, 5.74) is 0.626. The van der Waals surface area contributed by atoms with Crippen molar-refractivity contribution in [3.8, 4) is 0 Å². The predicted molar refractivity (Wildman–Crippen MR) is 86.8 cm³/mol. The van der Waals surface area contributed by atoms with Crippen molar-refractivity contribution in [1.29, 1.82) is 0 Å². The zero-order valence-electron chi connectivity index (χ0n) is 12.7. The Labute approximate surface area is 147 Å². The number of fused-ring (bicyclic) bond motifs is 1. The molecule has 6 nitrogen and oxygen atoms in total. The van der Waals surface area contributed by atoms with Crippen LogP contribution in [-0.4, -0.2) is 30.6 Å². The lowest BCUT2D eigenvalue weighted by molar-refractivity contribution is -0.157. The molecule has 4 rings (SSSR count). The zero-order chi connectivity index (χ0) is 16.8. The number of halogens is 1. The van der Waals surface area contributed by atoms with Gasteiger partial charge in [-0.3, -0.25) is 14.4 Å². The van der Waals surface area contributed by atoms with Gasteiger partial charge in [-0.1, -0.05) is 15.9 Å². The molecule has 3 aliphatic rings. The van der Waals surface area contributed by atoms with Crippen molar-refractivity contribution < 1.29 is 23.9 Å². The predicted octanol–water partition coefficient (Wildman–Crippen LogP) is 2.13. The molecule has 2 bridgehead atoms. The first-order valence-corrected chi connectivity index (χ1v) is 8.75. The molecule has 1 N–H and O–H groups in total. The van der Waals surface area contributed by atoms with Crippen LogP contribution in [0.5, 0.6) is 0 Å². The second-order valence-electron chi connectivity index (χ2n) is 6.59. The van der Waals surface area contributed by atoms with E-state index in [4.69, 9.17) is 9.47 Å². The zero-order valence-corrected chi connectivity index (χ0v) is 14.3. The third kappa shape index (κ3) is 2.60. The molecule has 2 saturated carbocycles. The molecular formula is C17H16BrNO5. The molecule has 0 spiro atoms. The SMILES string of the molecule is O=C(COC(=O)[C@@H]1[C@H]2C[C@@H]3[C@@H]1C(=O)O[C@@H]3C2)Nc1ccc(Br)cc1. The third-order valence-electron chi connectivity index (χ3n) is 5.23. The van der Waals surface area contributed by atoms with Gasteiger partial charge in [-0.2, -0.15) is 0 Å². The van der Waals surface area contributed by atoms with Crippen LogP contribution in [0.25, 0.3) is 0 Å². The van der Waals surface area contributed by atoms with E-state index >= 15 is 0 Å². The van der Waals surface area contributed by atoms with Gasteiger partial charge >= 0.3 is 11.9 Å². The fraction of sp³-hybridized carbons (Fsp3) is 0.471. The van der Waals surface area contributed by atoms with Crippen molar-refractivity contribution in [2.24, 2.45) is 23.7 Å². The maximum atomic E-state index is 12.4. The highest BCUT2D eigenvalue weighted by Gasteiger charge is 2.64. The number of ether oxygens (including phenoxy) is 2. The highest BCUT2D eigenvalue weighted by Crippen LogP contribution is 2.57. The summed E-state index contributed by atoms with van der Waals surface area (Å²) in [6.45, 7) is -0.353. The van der Waals surface area contributed by atoms with Gasteiger partial charge in [0.1, 0.15) is 6.10 Å². The summed E-state index contributed by atoms with van der Waals surface area (Å²) in [6.07, 6.45) is 1.56. The molecule has 1 aromatic carbocycles. The van der Waals surface area contributed by atoms with Gasteiger partial charge in [0.2, 0.25) is 0 Å². The summed E-state index contributed by atoms with van der Waals surface area (Å²) < 4.78 is 11.4. The molecule has 2 aliphatic carbocycles. The number of anilines is 1. The van der Waals surface area contributed by atoms with Gasteiger partial charge in [0.15, 0.2) is 6.61 Å². The standard InChI is InChI=1S/C17H16BrNO5/c18-9-1-3-10(4-2-9)19-13(20)7-23-16(21)14-8-5-11-12(6-8)24-17(22)15(11)14/h1-4,8,11-12,14-15H,5-7H2,(H,19,20)/t8-,11-,12+,14+,15-/m0/s1. The van der Waals surface area contributed by atoms with E-state index in [-0.39, 0.29) is 36.4 Å². The van der Waals surface area contributed by atoms with E-state index in [2.05, 4.69) is 21.2 Å². The normalized spacial score (nSPS) is 32.5. The number of carbonyl (C=O) groups is 3. The number of nitrogens with one attached hydrogen (secondary N) is 1. The highest BCUT2D eigenvalue weighted by atomic mass is 79.9.